The number of urea groups is 1. The fourth-order valence-corrected chi connectivity index (χ4v) is 6.64. The fourth-order valence-electron chi connectivity index (χ4n) is 6.64. The lowest BCUT2D eigenvalue weighted by Gasteiger charge is -2.30. The van der Waals surface area contributed by atoms with Gasteiger partial charge in [0.1, 0.15) is 12.1 Å². The van der Waals surface area contributed by atoms with Gasteiger partial charge in [-0.15, -0.1) is 0 Å². The number of likely N-dealkylation sites (tertiary alicyclic amines) is 1. The molecular formula is C36H59N7O10. The Bertz CT molecular complexity index is 1360. The summed E-state index contributed by atoms with van der Waals surface area (Å²) in [5, 5.41) is 22.0. The summed E-state index contributed by atoms with van der Waals surface area (Å²) in [6, 6.07) is -4.13. The van der Waals surface area contributed by atoms with Crippen molar-refractivity contribution in [1.82, 2.24) is 31.5 Å². The van der Waals surface area contributed by atoms with Crippen LogP contribution in [0.1, 0.15) is 99.3 Å². The molecule has 1 saturated heterocycles. The minimum atomic E-state index is -1.35. The fraction of sp³-hybridized carbons (Fsp3) is 0.750. The van der Waals surface area contributed by atoms with Gasteiger partial charge in [-0.3, -0.25) is 43.3 Å². The highest BCUT2D eigenvalue weighted by molar-refractivity contribution is 6.03. The molecule has 17 heteroatoms. The summed E-state index contributed by atoms with van der Waals surface area (Å²) in [6.07, 6.45) is 2.30. The van der Waals surface area contributed by atoms with Gasteiger partial charge in [0, 0.05) is 43.7 Å². The summed E-state index contributed by atoms with van der Waals surface area (Å²) < 4.78 is 0. The second-order valence-electron chi connectivity index (χ2n) is 15.2. The molecule has 8 amide bonds. The molecule has 8 N–H and O–H groups in total. The van der Waals surface area contributed by atoms with Crippen LogP contribution in [0, 0.1) is 35.5 Å². The van der Waals surface area contributed by atoms with Crippen LogP contribution in [-0.4, -0.2) is 101 Å². The highest BCUT2D eigenvalue weighted by Gasteiger charge is 2.41. The van der Waals surface area contributed by atoms with Crippen LogP contribution in [0.4, 0.5) is 4.79 Å². The number of nitrogens with two attached hydrogens (primary N) is 1. The number of amides is 8. The van der Waals surface area contributed by atoms with Crippen molar-refractivity contribution in [1.29, 1.82) is 0 Å². The van der Waals surface area contributed by atoms with E-state index in [-0.39, 0.29) is 73.0 Å². The summed E-state index contributed by atoms with van der Waals surface area (Å²) >= 11 is 0. The first kappa shape index (κ1) is 44.6. The van der Waals surface area contributed by atoms with Crippen molar-refractivity contribution in [2.75, 3.05) is 19.6 Å². The van der Waals surface area contributed by atoms with Crippen molar-refractivity contribution in [3.8, 4) is 0 Å². The van der Waals surface area contributed by atoms with E-state index < -0.39 is 72.6 Å². The van der Waals surface area contributed by atoms with E-state index in [4.69, 9.17) is 5.73 Å². The maximum Gasteiger partial charge on any atom is 0.312 e. The second kappa shape index (κ2) is 21.2. The van der Waals surface area contributed by atoms with E-state index in [9.17, 15) is 48.3 Å². The topological polar surface area (TPSA) is 263 Å². The van der Waals surface area contributed by atoms with Gasteiger partial charge in [-0.2, -0.15) is 0 Å². The molecule has 4 atom stereocenters. The van der Waals surface area contributed by atoms with Crippen LogP contribution in [0.2, 0.25) is 0 Å². The highest BCUT2D eigenvalue weighted by atomic mass is 16.4. The van der Waals surface area contributed by atoms with Crippen LogP contribution in [0.25, 0.3) is 0 Å². The quantitative estimate of drug-likeness (QED) is 0.0634. The summed E-state index contributed by atoms with van der Waals surface area (Å²) in [6.45, 7) is 10.6. The van der Waals surface area contributed by atoms with Gasteiger partial charge < -0.3 is 37.4 Å². The Hall–Kier alpha value is -4.57. The number of nitrogens with one attached hydrogen (secondary N) is 5. The Morgan fingerprint density at radius 2 is 1.47 bits per heavy atom. The number of hydrogen-bond acceptors (Lipinski definition) is 9. The molecule has 2 aliphatic rings. The van der Waals surface area contributed by atoms with Crippen molar-refractivity contribution in [3.05, 3.63) is 0 Å². The van der Waals surface area contributed by atoms with E-state index in [1.54, 1.807) is 27.7 Å². The number of imide groups is 1. The molecule has 0 spiro atoms. The Morgan fingerprint density at radius 3 is 2.00 bits per heavy atom. The zero-order chi connectivity index (χ0) is 40.0. The van der Waals surface area contributed by atoms with Crippen LogP contribution in [-0.2, 0) is 38.4 Å². The molecule has 0 aromatic rings. The van der Waals surface area contributed by atoms with Gasteiger partial charge in [-0.25, -0.2) is 4.79 Å². The van der Waals surface area contributed by atoms with Crippen LogP contribution in [0.3, 0.4) is 0 Å². The smallest absolute Gasteiger partial charge is 0.312 e. The molecule has 2 rings (SSSR count). The molecule has 0 aromatic carbocycles. The van der Waals surface area contributed by atoms with E-state index in [0.29, 0.717) is 38.6 Å². The lowest BCUT2D eigenvalue weighted by atomic mass is 9.81. The number of aliphatic carboxylic acids is 1. The molecule has 0 aromatic heterocycles. The first-order chi connectivity index (χ1) is 24.8. The van der Waals surface area contributed by atoms with Gasteiger partial charge in [0.2, 0.25) is 35.4 Å². The van der Waals surface area contributed by atoms with Gasteiger partial charge in [-0.1, -0.05) is 41.5 Å². The molecule has 2 fully saturated rings. The van der Waals surface area contributed by atoms with E-state index in [1.807, 2.05) is 13.8 Å². The van der Waals surface area contributed by atoms with Gasteiger partial charge in [-0.05, 0) is 62.7 Å². The average molecular weight is 750 g/mol. The van der Waals surface area contributed by atoms with Crippen LogP contribution in [0.5, 0.6) is 0 Å². The number of ketones is 1. The van der Waals surface area contributed by atoms with Crippen molar-refractivity contribution in [2.45, 2.75) is 117 Å². The Kier molecular flexibility index (Phi) is 17.8. The number of rotatable bonds is 21. The third kappa shape index (κ3) is 14.4. The molecule has 1 heterocycles. The lowest BCUT2D eigenvalue weighted by Crippen LogP contribution is -2.58. The number of carbonyl (C=O) groups excluding carboxylic acids is 8. The van der Waals surface area contributed by atoms with Crippen LogP contribution < -0.4 is 32.3 Å². The third-order valence-corrected chi connectivity index (χ3v) is 9.91. The van der Waals surface area contributed by atoms with Gasteiger partial charge in [0.15, 0.2) is 5.78 Å². The summed E-state index contributed by atoms with van der Waals surface area (Å²) in [4.78, 5) is 114. The van der Waals surface area contributed by atoms with Crippen molar-refractivity contribution in [2.24, 2.45) is 41.2 Å². The zero-order valence-electron chi connectivity index (χ0n) is 31.8. The standard InChI is InChI=1S/C36H59N7O10/c1-19(2)24-16-28(45)43(35(24)52)18-22-9-11-23(12-10-22)32(49)39-17-27(44)40-26(13-14-29(46)47)33(50)42-30(20(3)4)34(51)41-25(31(48)21(5)6)8-7-15-38-36(37)53/h19-26,30H,7-18H2,1-6H3,(H,39,49)(H,40,44)(H,41,51)(H,42,50)(H,46,47)(H3,37,38,53). The van der Waals surface area contributed by atoms with Gasteiger partial charge >= 0.3 is 12.0 Å². The van der Waals surface area contributed by atoms with Gasteiger partial charge in [0.25, 0.3) is 0 Å². The Balaban J connectivity index is 1.96. The zero-order valence-corrected chi connectivity index (χ0v) is 31.8. The molecule has 17 nitrogen and oxygen atoms in total. The van der Waals surface area contributed by atoms with E-state index in [0.717, 1.165) is 0 Å². The van der Waals surface area contributed by atoms with E-state index >= 15 is 0 Å². The summed E-state index contributed by atoms with van der Waals surface area (Å²) in [7, 11) is 0. The maximum absolute atomic E-state index is 13.4. The Morgan fingerprint density at radius 1 is 0.830 bits per heavy atom. The molecule has 4 unspecified atom stereocenters. The SMILES string of the molecule is CC(C)C(=O)C(CCCNC(N)=O)NC(=O)C(NC(=O)C(CCC(=O)O)NC(=O)CNC(=O)C1CCC(CN2C(=O)CC(C(C)C)C2=O)CC1)C(C)C. The lowest BCUT2D eigenvalue weighted by molar-refractivity contribution is -0.141. The molecular weight excluding hydrogens is 690 g/mol. The molecule has 1 saturated carbocycles. The number of nitrogens with zero attached hydrogens (tertiary/aromatic N) is 1. The number of Topliss-reactive ketones (excluding diaryl/α,β-unsaturated/α-hetero) is 1. The van der Waals surface area contributed by atoms with E-state index in [2.05, 4.69) is 26.6 Å². The number of hydrogen-bond donors (Lipinski definition) is 7. The third-order valence-electron chi connectivity index (χ3n) is 9.91. The first-order valence-electron chi connectivity index (χ1n) is 18.6. The predicted molar refractivity (Wildman–Crippen MR) is 192 cm³/mol. The van der Waals surface area contributed by atoms with Crippen molar-refractivity contribution >= 4 is 53.2 Å². The molecule has 1 aliphatic carbocycles. The van der Waals surface area contributed by atoms with Gasteiger partial charge in [0.05, 0.1) is 12.6 Å². The number of primary amides is 1. The summed E-state index contributed by atoms with van der Waals surface area (Å²) in [5.74, 6) is -5.71. The second-order valence-corrected chi connectivity index (χ2v) is 15.2. The molecule has 0 bridgehead atoms. The summed E-state index contributed by atoms with van der Waals surface area (Å²) in [5.41, 5.74) is 5.09. The maximum atomic E-state index is 13.4. The van der Waals surface area contributed by atoms with Crippen LogP contribution in [0.15, 0.2) is 0 Å². The molecule has 0 radical (unpaired) electrons. The minimum absolute atomic E-state index is 0.0790. The van der Waals surface area contributed by atoms with Crippen LogP contribution >= 0.6 is 0 Å². The molecule has 53 heavy (non-hydrogen) atoms. The Labute approximate surface area is 311 Å². The first-order valence-corrected chi connectivity index (χ1v) is 18.6. The number of carbonyl (C=O) groups is 9. The predicted octanol–water partition coefficient (Wildman–Crippen LogP) is 0.589. The minimum Gasteiger partial charge on any atom is -0.481 e. The molecule has 1 aliphatic heterocycles. The van der Waals surface area contributed by atoms with Crippen molar-refractivity contribution < 1.29 is 48.3 Å². The monoisotopic (exact) mass is 749 g/mol. The van der Waals surface area contributed by atoms with Crippen molar-refractivity contribution in [3.63, 3.8) is 0 Å². The molecule has 298 valence electrons. The highest BCUT2D eigenvalue weighted by Crippen LogP contribution is 2.33. The normalized spacial score (nSPS) is 20.5. The average Bonchev–Trinajstić information content (AvgIpc) is 3.37. The number of carboxylic acids is 1. The number of carboxylic acid groups (broad SMARTS) is 1. The van der Waals surface area contributed by atoms with E-state index in [1.165, 1.54) is 4.90 Å². The largest absolute Gasteiger partial charge is 0.481 e.